The maximum atomic E-state index is 10.9. The first-order chi connectivity index (χ1) is 7.83. The lowest BCUT2D eigenvalue weighted by atomic mass is 10.1. The number of fused-ring (bicyclic) bond motifs is 1. The van der Waals surface area contributed by atoms with Gasteiger partial charge in [0.1, 0.15) is 0 Å². The predicted molar refractivity (Wildman–Crippen MR) is 59.9 cm³/mol. The molecule has 3 aromatic rings. The van der Waals surface area contributed by atoms with Gasteiger partial charge in [0.15, 0.2) is 5.82 Å². The highest BCUT2D eigenvalue weighted by molar-refractivity contribution is 5.82. The van der Waals surface area contributed by atoms with Crippen molar-refractivity contribution in [2.24, 2.45) is 0 Å². The van der Waals surface area contributed by atoms with Gasteiger partial charge < -0.3 is 0 Å². The molecule has 3 rings (SSSR count). The Morgan fingerprint density at radius 1 is 1.19 bits per heavy atom. The van der Waals surface area contributed by atoms with Gasteiger partial charge in [0, 0.05) is 17.1 Å². The van der Waals surface area contributed by atoms with Gasteiger partial charge in [-0.05, 0) is 24.3 Å². The molecule has 2 heterocycles. The molecule has 16 heavy (non-hydrogen) atoms. The SMILES string of the molecule is O=c1[nH]nc(-c2ccc3ncccc3c2)[nH]1. The van der Waals surface area contributed by atoms with Crippen LogP contribution in [0.4, 0.5) is 0 Å². The third-order valence-corrected chi connectivity index (χ3v) is 2.38. The van der Waals surface area contributed by atoms with Crippen LogP contribution in [0.1, 0.15) is 0 Å². The molecule has 0 aliphatic rings. The van der Waals surface area contributed by atoms with E-state index in [1.54, 1.807) is 6.20 Å². The third-order valence-electron chi connectivity index (χ3n) is 2.38. The summed E-state index contributed by atoms with van der Waals surface area (Å²) in [5.41, 5.74) is 1.48. The molecule has 0 atom stereocenters. The van der Waals surface area contributed by atoms with Gasteiger partial charge in [-0.1, -0.05) is 6.07 Å². The lowest BCUT2D eigenvalue weighted by Gasteiger charge is -1.99. The topological polar surface area (TPSA) is 74.4 Å². The number of nitrogens with one attached hydrogen (secondary N) is 2. The Morgan fingerprint density at radius 2 is 2.12 bits per heavy atom. The van der Waals surface area contributed by atoms with Gasteiger partial charge in [0.25, 0.3) is 0 Å². The van der Waals surface area contributed by atoms with Crippen molar-refractivity contribution < 1.29 is 0 Å². The van der Waals surface area contributed by atoms with Crippen molar-refractivity contribution in [1.82, 2.24) is 20.2 Å². The fraction of sp³-hybridized carbons (Fsp3) is 0. The van der Waals surface area contributed by atoms with E-state index in [2.05, 4.69) is 20.2 Å². The quantitative estimate of drug-likeness (QED) is 0.638. The van der Waals surface area contributed by atoms with Crippen LogP contribution in [0.5, 0.6) is 0 Å². The highest BCUT2D eigenvalue weighted by Crippen LogP contribution is 2.19. The minimum atomic E-state index is -0.304. The molecule has 1 aromatic carbocycles. The van der Waals surface area contributed by atoms with Crippen molar-refractivity contribution in [3.05, 3.63) is 47.0 Å². The average molecular weight is 212 g/mol. The molecule has 0 aliphatic carbocycles. The molecule has 0 saturated heterocycles. The molecule has 0 amide bonds. The first-order valence-corrected chi connectivity index (χ1v) is 4.83. The normalized spacial score (nSPS) is 10.8. The van der Waals surface area contributed by atoms with E-state index in [9.17, 15) is 4.79 Å². The summed E-state index contributed by atoms with van der Waals surface area (Å²) in [6, 6.07) is 9.56. The Morgan fingerprint density at radius 3 is 2.94 bits per heavy atom. The summed E-state index contributed by atoms with van der Waals surface area (Å²) in [5.74, 6) is 0.538. The van der Waals surface area contributed by atoms with Gasteiger partial charge >= 0.3 is 5.69 Å². The van der Waals surface area contributed by atoms with E-state index in [1.807, 2.05) is 30.3 Å². The van der Waals surface area contributed by atoms with Gasteiger partial charge in [0.05, 0.1) is 5.52 Å². The number of H-pyrrole nitrogens is 2. The van der Waals surface area contributed by atoms with Crippen molar-refractivity contribution >= 4 is 10.9 Å². The van der Waals surface area contributed by atoms with Crippen molar-refractivity contribution in [1.29, 1.82) is 0 Å². The Kier molecular flexibility index (Phi) is 1.83. The second-order valence-electron chi connectivity index (χ2n) is 3.44. The molecule has 5 heteroatoms. The molecule has 0 radical (unpaired) electrons. The van der Waals surface area contributed by atoms with E-state index in [-0.39, 0.29) is 5.69 Å². The molecule has 5 nitrogen and oxygen atoms in total. The highest BCUT2D eigenvalue weighted by Gasteiger charge is 2.03. The first kappa shape index (κ1) is 8.84. The Labute approximate surface area is 90.2 Å². The molecular weight excluding hydrogens is 204 g/mol. The van der Waals surface area contributed by atoms with Crippen molar-refractivity contribution in [3.63, 3.8) is 0 Å². The molecule has 0 bridgehead atoms. The number of hydrogen-bond acceptors (Lipinski definition) is 3. The van der Waals surface area contributed by atoms with Crippen LogP contribution < -0.4 is 5.69 Å². The number of rotatable bonds is 1. The van der Waals surface area contributed by atoms with Crippen LogP contribution in [0.15, 0.2) is 41.3 Å². The number of benzene rings is 1. The molecule has 0 saturated carbocycles. The molecule has 0 aliphatic heterocycles. The largest absolute Gasteiger partial charge is 0.340 e. The lowest BCUT2D eigenvalue weighted by molar-refractivity contribution is 1.05. The fourth-order valence-corrected chi connectivity index (χ4v) is 1.63. The smallest absolute Gasteiger partial charge is 0.289 e. The number of nitrogens with zero attached hydrogens (tertiary/aromatic N) is 2. The number of aromatic amines is 2. The molecule has 78 valence electrons. The third kappa shape index (κ3) is 1.38. The Bertz CT molecular complexity index is 698. The summed E-state index contributed by atoms with van der Waals surface area (Å²) in [6.07, 6.45) is 1.75. The molecule has 2 aromatic heterocycles. The lowest BCUT2D eigenvalue weighted by Crippen LogP contribution is -2.00. The van der Waals surface area contributed by atoms with Crippen LogP contribution in [0, 0.1) is 0 Å². The molecule has 0 fully saturated rings. The predicted octanol–water partition coefficient (Wildman–Crippen LogP) is 1.31. The monoisotopic (exact) mass is 212 g/mol. The highest BCUT2D eigenvalue weighted by atomic mass is 16.1. The Hall–Kier alpha value is -2.43. The van der Waals surface area contributed by atoms with Crippen LogP contribution in [0.2, 0.25) is 0 Å². The van der Waals surface area contributed by atoms with Crippen LogP contribution in [-0.2, 0) is 0 Å². The van der Waals surface area contributed by atoms with Crippen LogP contribution in [-0.4, -0.2) is 20.2 Å². The first-order valence-electron chi connectivity index (χ1n) is 4.83. The summed E-state index contributed by atoms with van der Waals surface area (Å²) in [6.45, 7) is 0. The van der Waals surface area contributed by atoms with Crippen molar-refractivity contribution in [3.8, 4) is 11.4 Å². The summed E-state index contributed by atoms with van der Waals surface area (Å²) in [5, 5.41) is 7.24. The molecule has 2 N–H and O–H groups in total. The van der Waals surface area contributed by atoms with Crippen LogP contribution in [0.25, 0.3) is 22.3 Å². The van der Waals surface area contributed by atoms with Gasteiger partial charge in [-0.25, -0.2) is 9.89 Å². The van der Waals surface area contributed by atoms with E-state index in [1.165, 1.54) is 0 Å². The van der Waals surface area contributed by atoms with Crippen molar-refractivity contribution in [2.45, 2.75) is 0 Å². The zero-order valence-corrected chi connectivity index (χ0v) is 8.27. The van der Waals surface area contributed by atoms with Gasteiger partial charge in [0.2, 0.25) is 0 Å². The van der Waals surface area contributed by atoms with Gasteiger partial charge in [-0.15, -0.1) is 0 Å². The summed E-state index contributed by atoms with van der Waals surface area (Å²) in [4.78, 5) is 17.8. The average Bonchev–Trinajstić information content (AvgIpc) is 2.75. The maximum Gasteiger partial charge on any atom is 0.340 e. The molecule has 0 spiro atoms. The summed E-state index contributed by atoms with van der Waals surface area (Å²) < 4.78 is 0. The number of pyridine rings is 1. The van der Waals surface area contributed by atoms with E-state index >= 15 is 0 Å². The minimum Gasteiger partial charge on any atom is -0.289 e. The van der Waals surface area contributed by atoms with Crippen LogP contribution >= 0.6 is 0 Å². The second kappa shape index (κ2) is 3.30. The zero-order chi connectivity index (χ0) is 11.0. The van der Waals surface area contributed by atoms with Crippen LogP contribution in [0.3, 0.4) is 0 Å². The standard InChI is InChI=1S/C11H8N4O/c16-11-13-10(14-15-11)8-3-4-9-7(6-8)2-1-5-12-9/h1-6H,(H2,13,14,15,16). The molecular formula is C11H8N4O. The van der Waals surface area contributed by atoms with E-state index in [0.29, 0.717) is 5.82 Å². The van der Waals surface area contributed by atoms with E-state index in [0.717, 1.165) is 16.5 Å². The summed E-state index contributed by atoms with van der Waals surface area (Å²) >= 11 is 0. The van der Waals surface area contributed by atoms with E-state index in [4.69, 9.17) is 0 Å². The number of hydrogen-bond donors (Lipinski definition) is 2. The summed E-state index contributed by atoms with van der Waals surface area (Å²) in [7, 11) is 0. The fourth-order valence-electron chi connectivity index (χ4n) is 1.63. The zero-order valence-electron chi connectivity index (χ0n) is 8.27. The van der Waals surface area contributed by atoms with E-state index < -0.39 is 0 Å². The van der Waals surface area contributed by atoms with Gasteiger partial charge in [-0.3, -0.25) is 9.97 Å². The molecule has 0 unspecified atom stereocenters. The van der Waals surface area contributed by atoms with Crippen molar-refractivity contribution in [2.75, 3.05) is 0 Å². The second-order valence-corrected chi connectivity index (χ2v) is 3.44. The maximum absolute atomic E-state index is 10.9. The number of aromatic nitrogens is 4. The minimum absolute atomic E-state index is 0.304. The Balaban J connectivity index is 2.22. The van der Waals surface area contributed by atoms with Gasteiger partial charge in [-0.2, -0.15) is 5.10 Å².